The number of carbonyl (C=O) groups is 1. The summed E-state index contributed by atoms with van der Waals surface area (Å²) in [5, 5.41) is 0. The van der Waals surface area contributed by atoms with Gasteiger partial charge in [0.15, 0.2) is 31.1 Å². The fraction of sp³-hybridized carbons (Fsp3) is 0.231. The van der Waals surface area contributed by atoms with E-state index in [0.29, 0.717) is 17.8 Å². The molecule has 1 unspecified atom stereocenters. The Labute approximate surface area is 229 Å². The molecule has 40 heavy (non-hydrogen) atoms. The van der Waals surface area contributed by atoms with E-state index in [0.717, 1.165) is 5.56 Å². The van der Waals surface area contributed by atoms with Gasteiger partial charge in [-0.3, -0.25) is 14.6 Å². The van der Waals surface area contributed by atoms with Crippen LogP contribution in [-0.2, 0) is 41.2 Å². The second-order valence-corrected chi connectivity index (χ2v) is 9.58. The molecule has 0 aliphatic heterocycles. The molecule has 0 aliphatic carbocycles. The number of aromatic nitrogens is 4. The lowest BCUT2D eigenvalue weighted by atomic mass is 10.1. The molecular weight excluding hydrogens is 544 g/mol. The van der Waals surface area contributed by atoms with E-state index >= 15 is 0 Å². The number of anilines is 1. The van der Waals surface area contributed by atoms with Crippen LogP contribution in [0.15, 0.2) is 71.5 Å². The van der Waals surface area contributed by atoms with Crippen molar-refractivity contribution in [2.45, 2.75) is 13.2 Å². The van der Waals surface area contributed by atoms with Crippen molar-refractivity contribution in [3.8, 4) is 0 Å². The Hall–Kier alpha value is -4.16. The number of hydrogen-bond acceptors (Lipinski definition) is 10. The minimum absolute atomic E-state index is 0.00744. The first kappa shape index (κ1) is 28.8. The molecule has 14 heteroatoms. The van der Waals surface area contributed by atoms with E-state index in [1.807, 2.05) is 30.3 Å². The van der Waals surface area contributed by atoms with Gasteiger partial charge in [0.25, 0.3) is 12.0 Å². The minimum atomic E-state index is -1.60. The van der Waals surface area contributed by atoms with Crippen LogP contribution in [0.2, 0.25) is 0 Å². The number of ether oxygens (including phenoxy) is 3. The Morgan fingerprint density at radius 3 is 2.65 bits per heavy atom. The molecular formula is C26H27FN5O7P. The summed E-state index contributed by atoms with van der Waals surface area (Å²) in [5.41, 5.74) is 7.13. The Kier molecular flexibility index (Phi) is 10.3. The Morgan fingerprint density at radius 2 is 1.93 bits per heavy atom. The number of rotatable bonds is 15. The zero-order valence-electron chi connectivity index (χ0n) is 21.5. The maximum absolute atomic E-state index is 13.4. The van der Waals surface area contributed by atoms with Crippen LogP contribution in [0.25, 0.3) is 16.9 Å². The van der Waals surface area contributed by atoms with Crippen molar-refractivity contribution in [1.82, 2.24) is 19.5 Å². The Balaban J connectivity index is 1.43. The van der Waals surface area contributed by atoms with Gasteiger partial charge in [0.05, 0.1) is 26.7 Å². The summed E-state index contributed by atoms with van der Waals surface area (Å²) in [5.74, 6) is -0.153. The predicted octanol–water partition coefficient (Wildman–Crippen LogP) is 3.55. The third-order valence-electron chi connectivity index (χ3n) is 5.50. The normalized spacial score (nSPS) is 12.7. The highest BCUT2D eigenvalue weighted by molar-refractivity contribution is 7.47. The zero-order valence-corrected chi connectivity index (χ0v) is 22.4. The minimum Gasteiger partial charge on any atom is -0.495 e. The van der Waals surface area contributed by atoms with E-state index in [-0.39, 0.29) is 55.6 Å². The molecule has 0 fully saturated rings. The predicted molar refractivity (Wildman–Crippen MR) is 145 cm³/mol. The van der Waals surface area contributed by atoms with Crippen molar-refractivity contribution in [2.24, 2.45) is 0 Å². The number of aromatic amines is 1. The van der Waals surface area contributed by atoms with Gasteiger partial charge in [-0.1, -0.05) is 30.3 Å². The molecule has 4 aromatic rings. The van der Waals surface area contributed by atoms with Gasteiger partial charge >= 0.3 is 0 Å². The van der Waals surface area contributed by atoms with Crippen molar-refractivity contribution in [3.05, 3.63) is 94.0 Å². The van der Waals surface area contributed by atoms with Gasteiger partial charge in [-0.05, 0) is 29.8 Å². The van der Waals surface area contributed by atoms with Crippen molar-refractivity contribution in [3.63, 3.8) is 0 Å². The van der Waals surface area contributed by atoms with Crippen molar-refractivity contribution >= 4 is 37.7 Å². The highest BCUT2D eigenvalue weighted by Crippen LogP contribution is 2.40. The van der Waals surface area contributed by atoms with Gasteiger partial charge in [-0.15, -0.1) is 0 Å². The summed E-state index contributed by atoms with van der Waals surface area (Å²) in [6, 6.07) is 14.9. The molecule has 0 radical (unpaired) electrons. The average molecular weight is 572 g/mol. The van der Waals surface area contributed by atoms with Gasteiger partial charge in [-0.2, -0.15) is 4.98 Å². The van der Waals surface area contributed by atoms with Gasteiger partial charge in [-0.25, -0.2) is 9.37 Å². The molecule has 0 spiro atoms. The number of nitrogens with two attached hydrogens (primary N) is 1. The molecule has 2 heterocycles. The zero-order chi connectivity index (χ0) is 28.3. The second kappa shape index (κ2) is 14.3. The molecule has 1 atom stereocenters. The number of imidazole rings is 1. The van der Waals surface area contributed by atoms with Crippen LogP contribution in [0, 0.1) is 5.82 Å². The number of H-pyrrole nitrogens is 1. The number of methoxy groups -OCH3 is 1. The van der Waals surface area contributed by atoms with Crippen LogP contribution in [0.4, 0.5) is 10.3 Å². The standard InChI is InChI=1S/C26H27FN5O7P/c1-35-21(23(37-16-33)19-7-9-20(27)10-8-19)14-39-40(38-13-18-5-3-2-4-6-18)17-36-12-11-32-15-29-22-24(32)30-26(28)31-25(22)34/h2-10,15-16H,11-14,17H2,1H3,(H3,28,30,31,34)/b23-21-. The number of halogens is 1. The lowest BCUT2D eigenvalue weighted by Gasteiger charge is -2.19. The quantitative estimate of drug-likeness (QED) is 0.0938. The van der Waals surface area contributed by atoms with Crippen LogP contribution in [-0.4, -0.2) is 52.7 Å². The third-order valence-corrected chi connectivity index (χ3v) is 6.72. The van der Waals surface area contributed by atoms with Gasteiger partial charge in [0, 0.05) is 12.1 Å². The Bertz CT molecular complexity index is 1500. The largest absolute Gasteiger partial charge is 0.495 e. The number of benzene rings is 2. The Morgan fingerprint density at radius 1 is 1.15 bits per heavy atom. The van der Waals surface area contributed by atoms with Crippen molar-refractivity contribution < 1.29 is 32.4 Å². The van der Waals surface area contributed by atoms with Crippen LogP contribution in [0.1, 0.15) is 11.1 Å². The number of carbonyl (C=O) groups excluding carboxylic acids is 1. The van der Waals surface area contributed by atoms with E-state index in [2.05, 4.69) is 15.0 Å². The molecule has 3 N–H and O–H groups in total. The van der Waals surface area contributed by atoms with Crippen molar-refractivity contribution in [2.75, 3.05) is 32.4 Å². The number of nitrogens with one attached hydrogen (secondary N) is 1. The topological polar surface area (TPSA) is 153 Å². The van der Waals surface area contributed by atoms with Crippen LogP contribution in [0.5, 0.6) is 0 Å². The molecule has 12 nitrogen and oxygen atoms in total. The maximum Gasteiger partial charge on any atom is 0.298 e. The molecule has 2 aromatic heterocycles. The number of hydrogen-bond donors (Lipinski definition) is 2. The fourth-order valence-electron chi connectivity index (χ4n) is 3.56. The molecule has 2 aromatic carbocycles. The maximum atomic E-state index is 13.4. The summed E-state index contributed by atoms with van der Waals surface area (Å²) in [6.07, 6.45) is 1.59. The van der Waals surface area contributed by atoms with E-state index < -0.39 is 19.8 Å². The van der Waals surface area contributed by atoms with Crippen molar-refractivity contribution in [1.29, 1.82) is 0 Å². The second-order valence-electron chi connectivity index (χ2n) is 8.14. The smallest absolute Gasteiger partial charge is 0.298 e. The highest BCUT2D eigenvalue weighted by Gasteiger charge is 2.18. The van der Waals surface area contributed by atoms with Gasteiger partial charge < -0.3 is 33.6 Å². The molecule has 0 saturated carbocycles. The number of fused-ring (bicyclic) bond motifs is 1. The summed E-state index contributed by atoms with van der Waals surface area (Å²) >= 11 is 0. The van der Waals surface area contributed by atoms with Crippen LogP contribution in [0.3, 0.4) is 0 Å². The highest BCUT2D eigenvalue weighted by atomic mass is 31.2. The summed E-state index contributed by atoms with van der Waals surface area (Å²) in [7, 11) is -0.196. The van der Waals surface area contributed by atoms with E-state index in [9.17, 15) is 14.0 Å². The van der Waals surface area contributed by atoms with E-state index in [4.69, 9.17) is 29.0 Å². The molecule has 0 saturated heterocycles. The first-order chi connectivity index (χ1) is 19.5. The third kappa shape index (κ3) is 7.70. The molecule has 0 bridgehead atoms. The van der Waals surface area contributed by atoms with Gasteiger partial charge in [0.1, 0.15) is 18.8 Å². The molecule has 0 aliphatic rings. The average Bonchev–Trinajstić information content (AvgIpc) is 3.37. The van der Waals surface area contributed by atoms with E-state index in [1.54, 1.807) is 4.57 Å². The first-order valence-electron chi connectivity index (χ1n) is 12.0. The molecule has 210 valence electrons. The monoisotopic (exact) mass is 571 g/mol. The summed E-state index contributed by atoms with van der Waals surface area (Å²) in [6.45, 7) is 0.999. The summed E-state index contributed by atoms with van der Waals surface area (Å²) in [4.78, 5) is 33.8. The number of nitrogens with zero attached hydrogens (tertiary/aromatic N) is 3. The SMILES string of the molecule is CO/C(COP(COCCn1cnc2c(=O)[nH]c(N)nc21)OCc1ccccc1)=C(\OC=O)c1ccc(F)cc1. The van der Waals surface area contributed by atoms with E-state index in [1.165, 1.54) is 37.7 Å². The van der Waals surface area contributed by atoms with Crippen LogP contribution >= 0.6 is 8.38 Å². The first-order valence-corrected chi connectivity index (χ1v) is 13.3. The van der Waals surface area contributed by atoms with Gasteiger partial charge in [0.2, 0.25) is 5.95 Å². The fourth-order valence-corrected chi connectivity index (χ4v) is 4.62. The lowest BCUT2D eigenvalue weighted by Crippen LogP contribution is -2.13. The number of nitrogen functional groups attached to an aromatic ring is 1. The molecule has 0 amide bonds. The lowest BCUT2D eigenvalue weighted by molar-refractivity contribution is -0.122. The molecule has 4 rings (SSSR count). The summed E-state index contributed by atoms with van der Waals surface area (Å²) < 4.78 is 43.5. The van der Waals surface area contributed by atoms with Crippen LogP contribution < -0.4 is 11.3 Å².